The van der Waals surface area contributed by atoms with Gasteiger partial charge in [0.05, 0.1) is 16.4 Å². The Kier molecular flexibility index (Phi) is 6.18. The zero-order chi connectivity index (χ0) is 23.6. The van der Waals surface area contributed by atoms with Crippen LogP contribution in [-0.2, 0) is 22.9 Å². The van der Waals surface area contributed by atoms with Gasteiger partial charge < -0.3 is 15.2 Å². The maximum absolute atomic E-state index is 12.8. The number of carbonyl (C=O) groups excluding carboxylic acids is 2. The number of amides is 1. The highest BCUT2D eigenvalue weighted by atomic mass is 32.2. The molecule has 1 aliphatic rings. The van der Waals surface area contributed by atoms with Gasteiger partial charge in [0.15, 0.2) is 0 Å². The highest BCUT2D eigenvalue weighted by molar-refractivity contribution is 7.92. The minimum absolute atomic E-state index is 0.0800. The van der Waals surface area contributed by atoms with Crippen LogP contribution in [0, 0.1) is 11.3 Å². The molecule has 168 valence electrons. The van der Waals surface area contributed by atoms with Crippen LogP contribution in [0.15, 0.2) is 53.4 Å². The minimum Gasteiger partial charge on any atom is -0.545 e. The van der Waals surface area contributed by atoms with Crippen LogP contribution < -0.4 is 15.1 Å². The Morgan fingerprint density at radius 3 is 2.45 bits per heavy atom. The van der Waals surface area contributed by atoms with Crippen LogP contribution in [0.4, 0.5) is 10.7 Å². The minimum atomic E-state index is -4.03. The summed E-state index contributed by atoms with van der Waals surface area (Å²) in [6, 6.07) is 12.8. The lowest BCUT2D eigenvalue weighted by molar-refractivity contribution is -0.255. The molecule has 3 aromatic rings. The number of hydrogen-bond donors (Lipinski definition) is 2. The van der Waals surface area contributed by atoms with Crippen LogP contribution in [0.25, 0.3) is 0 Å². The van der Waals surface area contributed by atoms with Gasteiger partial charge in [-0.3, -0.25) is 9.52 Å². The van der Waals surface area contributed by atoms with Gasteiger partial charge in [0.25, 0.3) is 15.9 Å². The van der Waals surface area contributed by atoms with Crippen molar-refractivity contribution in [2.75, 3.05) is 10.0 Å². The molecule has 10 heteroatoms. The number of nitrogens with zero attached hydrogens (tertiary/aromatic N) is 1. The Bertz CT molecular complexity index is 1390. The number of aromatic carboxylic acids is 1. The first kappa shape index (κ1) is 22.5. The molecule has 1 aromatic heterocycles. The summed E-state index contributed by atoms with van der Waals surface area (Å²) in [4.78, 5) is 24.7. The van der Waals surface area contributed by atoms with Crippen LogP contribution in [0.1, 0.15) is 49.6 Å². The number of benzene rings is 2. The SMILES string of the molecule is N#Cc1c(NC(=O)c2cccc(S(=O)(=O)Nc3ccc(C(=O)[O-])cc3)c2)sc2c1CCCC2. The summed E-state index contributed by atoms with van der Waals surface area (Å²) < 4.78 is 27.9. The number of anilines is 2. The number of carboxylic acids is 1. The molecule has 1 heterocycles. The summed E-state index contributed by atoms with van der Waals surface area (Å²) in [6.45, 7) is 0. The normalized spacial score (nSPS) is 12.9. The van der Waals surface area contributed by atoms with E-state index in [-0.39, 0.29) is 21.7 Å². The predicted octanol–water partition coefficient (Wildman–Crippen LogP) is 2.92. The molecule has 0 bridgehead atoms. The zero-order valence-electron chi connectivity index (χ0n) is 17.3. The van der Waals surface area contributed by atoms with Crippen LogP contribution >= 0.6 is 11.3 Å². The van der Waals surface area contributed by atoms with E-state index in [4.69, 9.17) is 0 Å². The van der Waals surface area contributed by atoms with Crippen LogP contribution in [0.5, 0.6) is 0 Å². The number of fused-ring (bicyclic) bond motifs is 1. The molecule has 2 aromatic carbocycles. The third kappa shape index (κ3) is 4.74. The quantitative estimate of drug-likeness (QED) is 0.556. The molecule has 4 rings (SSSR count). The molecular weight excluding hydrogens is 462 g/mol. The average Bonchev–Trinajstić information content (AvgIpc) is 3.16. The number of rotatable bonds is 6. The van der Waals surface area contributed by atoms with Crippen molar-refractivity contribution in [2.24, 2.45) is 0 Å². The maximum atomic E-state index is 12.8. The Labute approximate surface area is 194 Å². The lowest BCUT2D eigenvalue weighted by Gasteiger charge is -2.11. The lowest BCUT2D eigenvalue weighted by Crippen LogP contribution is -2.22. The number of hydrogen-bond acceptors (Lipinski definition) is 7. The Balaban J connectivity index is 1.55. The summed E-state index contributed by atoms with van der Waals surface area (Å²) in [6.07, 6.45) is 3.76. The molecule has 1 amide bonds. The molecule has 0 saturated heterocycles. The van der Waals surface area contributed by atoms with Gasteiger partial charge in [-0.1, -0.05) is 18.2 Å². The summed E-state index contributed by atoms with van der Waals surface area (Å²) in [5, 5.41) is 23.7. The number of carboxylic acid groups (broad SMARTS) is 1. The molecule has 0 radical (unpaired) electrons. The van der Waals surface area contributed by atoms with Gasteiger partial charge in [0.1, 0.15) is 11.1 Å². The Hall–Kier alpha value is -3.68. The van der Waals surface area contributed by atoms with E-state index in [0.717, 1.165) is 36.1 Å². The van der Waals surface area contributed by atoms with Crippen LogP contribution in [0.3, 0.4) is 0 Å². The van der Waals surface area contributed by atoms with Crippen LogP contribution in [-0.4, -0.2) is 20.3 Å². The largest absolute Gasteiger partial charge is 0.545 e. The van der Waals surface area contributed by atoms with E-state index in [9.17, 15) is 28.4 Å². The maximum Gasteiger partial charge on any atom is 0.261 e. The molecule has 1 aliphatic carbocycles. The molecule has 0 spiro atoms. The average molecular weight is 481 g/mol. The van der Waals surface area contributed by atoms with Crippen molar-refractivity contribution < 1.29 is 23.1 Å². The first-order valence-electron chi connectivity index (χ1n) is 10.1. The second-order valence-electron chi connectivity index (χ2n) is 7.48. The molecule has 2 N–H and O–H groups in total. The number of sulfonamides is 1. The predicted molar refractivity (Wildman–Crippen MR) is 122 cm³/mol. The number of thiophene rings is 1. The highest BCUT2D eigenvalue weighted by Crippen LogP contribution is 2.37. The van der Waals surface area contributed by atoms with Gasteiger partial charge >= 0.3 is 0 Å². The lowest BCUT2D eigenvalue weighted by atomic mass is 9.96. The molecule has 0 saturated carbocycles. The van der Waals surface area contributed by atoms with Crippen LogP contribution in [0.2, 0.25) is 0 Å². The van der Waals surface area contributed by atoms with Crippen molar-refractivity contribution in [2.45, 2.75) is 30.6 Å². The summed E-state index contributed by atoms with van der Waals surface area (Å²) in [5.41, 5.74) is 1.68. The number of aryl methyl sites for hydroxylation is 1. The summed E-state index contributed by atoms with van der Waals surface area (Å²) in [5.74, 6) is -1.88. The van der Waals surface area contributed by atoms with E-state index < -0.39 is 21.9 Å². The van der Waals surface area contributed by atoms with Gasteiger partial charge in [-0.15, -0.1) is 11.3 Å². The topological polar surface area (TPSA) is 139 Å². The summed E-state index contributed by atoms with van der Waals surface area (Å²) in [7, 11) is -4.03. The fourth-order valence-corrected chi connectivity index (χ4v) is 5.98. The number of nitrogens with one attached hydrogen (secondary N) is 2. The molecular formula is C23H18N3O5S2-. The summed E-state index contributed by atoms with van der Waals surface area (Å²) >= 11 is 1.39. The second-order valence-corrected chi connectivity index (χ2v) is 10.3. The van der Waals surface area contributed by atoms with Gasteiger partial charge in [-0.05, 0) is 67.1 Å². The fourth-order valence-electron chi connectivity index (χ4n) is 3.64. The van der Waals surface area contributed by atoms with Gasteiger partial charge in [0, 0.05) is 16.1 Å². The van der Waals surface area contributed by atoms with Gasteiger partial charge in [-0.2, -0.15) is 5.26 Å². The molecule has 8 nitrogen and oxygen atoms in total. The number of nitriles is 1. The zero-order valence-corrected chi connectivity index (χ0v) is 18.9. The van der Waals surface area contributed by atoms with Gasteiger partial charge in [0.2, 0.25) is 0 Å². The van der Waals surface area contributed by atoms with Crippen molar-refractivity contribution in [3.63, 3.8) is 0 Å². The van der Waals surface area contributed by atoms with E-state index in [2.05, 4.69) is 16.1 Å². The van der Waals surface area contributed by atoms with E-state index in [1.165, 1.54) is 59.9 Å². The van der Waals surface area contributed by atoms with E-state index in [1.54, 1.807) is 0 Å². The van der Waals surface area contributed by atoms with Crippen molar-refractivity contribution in [3.05, 3.63) is 75.7 Å². The van der Waals surface area contributed by atoms with E-state index >= 15 is 0 Å². The van der Waals surface area contributed by atoms with E-state index in [0.29, 0.717) is 10.6 Å². The van der Waals surface area contributed by atoms with Crippen molar-refractivity contribution in [3.8, 4) is 6.07 Å². The van der Waals surface area contributed by atoms with Crippen molar-refractivity contribution in [1.29, 1.82) is 5.26 Å². The molecule has 0 atom stereocenters. The molecule has 33 heavy (non-hydrogen) atoms. The van der Waals surface area contributed by atoms with E-state index in [1.807, 2.05) is 0 Å². The molecule has 0 unspecified atom stereocenters. The second kappa shape index (κ2) is 9.05. The smallest absolute Gasteiger partial charge is 0.261 e. The number of carbonyl (C=O) groups is 2. The monoisotopic (exact) mass is 480 g/mol. The first-order chi connectivity index (χ1) is 15.8. The van der Waals surface area contributed by atoms with Gasteiger partial charge in [-0.25, -0.2) is 8.42 Å². The highest BCUT2D eigenvalue weighted by Gasteiger charge is 2.23. The molecule has 0 aliphatic heterocycles. The molecule has 0 fully saturated rings. The Morgan fingerprint density at radius 2 is 1.76 bits per heavy atom. The third-order valence-corrected chi connectivity index (χ3v) is 7.88. The fraction of sp³-hybridized carbons (Fsp3) is 0.174. The third-order valence-electron chi connectivity index (χ3n) is 5.29. The van der Waals surface area contributed by atoms with Crippen molar-refractivity contribution in [1.82, 2.24) is 0 Å². The Morgan fingerprint density at radius 1 is 1.03 bits per heavy atom. The van der Waals surface area contributed by atoms with Crippen molar-refractivity contribution >= 4 is 43.9 Å². The standard InChI is InChI=1S/C23H19N3O5S2/c24-13-19-18-6-1-2-7-20(18)32-22(19)25-21(27)15-4-3-5-17(12-15)33(30,31)26-16-10-8-14(9-11-16)23(28)29/h3-5,8-12,26H,1-2,6-7H2,(H,25,27)(H,28,29)/p-1. The first-order valence-corrected chi connectivity index (χ1v) is 12.4.